The molecule has 1 aliphatic heterocycles. The summed E-state index contributed by atoms with van der Waals surface area (Å²) in [6.07, 6.45) is 3.40. The molecule has 8 heteroatoms. The van der Waals surface area contributed by atoms with Crippen LogP contribution in [-0.4, -0.2) is 49.9 Å². The largest absolute Gasteiger partial charge is 0.339 e. The number of benzene rings is 1. The fraction of sp³-hybridized carbons (Fsp3) is 0.375. The van der Waals surface area contributed by atoms with E-state index in [4.69, 9.17) is 16.1 Å². The summed E-state index contributed by atoms with van der Waals surface area (Å²) in [7, 11) is 0. The number of H-pyrrole nitrogens is 1. The molecule has 1 saturated heterocycles. The minimum atomic E-state index is 0.430. The highest BCUT2D eigenvalue weighted by molar-refractivity contribution is 6.30. The number of likely N-dealkylation sites (tertiary alicyclic amines) is 1. The number of hydrogen-bond acceptors (Lipinski definition) is 6. The van der Waals surface area contributed by atoms with Crippen LogP contribution in [0, 0.1) is 0 Å². The van der Waals surface area contributed by atoms with Crippen LogP contribution >= 0.6 is 11.6 Å². The monoisotopic (exact) mass is 344 g/mol. The molecule has 4 rings (SSSR count). The Kier molecular flexibility index (Phi) is 4.27. The quantitative estimate of drug-likeness (QED) is 0.765. The van der Waals surface area contributed by atoms with Gasteiger partial charge in [0.05, 0.1) is 0 Å². The van der Waals surface area contributed by atoms with Gasteiger partial charge in [-0.1, -0.05) is 16.8 Å². The fourth-order valence-corrected chi connectivity index (χ4v) is 3.12. The Morgan fingerprint density at radius 1 is 1.29 bits per heavy atom. The highest BCUT2D eigenvalue weighted by Crippen LogP contribution is 2.24. The van der Waals surface area contributed by atoms with Crippen molar-refractivity contribution in [2.75, 3.05) is 19.6 Å². The molecule has 0 amide bonds. The maximum absolute atomic E-state index is 5.90. The molecular weight excluding hydrogens is 328 g/mol. The Morgan fingerprint density at radius 3 is 2.96 bits per heavy atom. The van der Waals surface area contributed by atoms with E-state index in [1.165, 1.54) is 0 Å². The lowest BCUT2D eigenvalue weighted by atomic mass is 10.1. The van der Waals surface area contributed by atoms with Gasteiger partial charge in [-0.25, -0.2) is 4.98 Å². The summed E-state index contributed by atoms with van der Waals surface area (Å²) in [4.78, 5) is 11.1. The van der Waals surface area contributed by atoms with Gasteiger partial charge in [0.1, 0.15) is 12.2 Å². The van der Waals surface area contributed by atoms with E-state index in [2.05, 4.69) is 30.2 Å². The average molecular weight is 345 g/mol. The van der Waals surface area contributed by atoms with Crippen molar-refractivity contribution in [3.05, 3.63) is 47.3 Å². The number of aromatic nitrogens is 5. The Balaban J connectivity index is 1.33. The first-order valence-electron chi connectivity index (χ1n) is 7.94. The molecule has 0 spiro atoms. The van der Waals surface area contributed by atoms with Crippen molar-refractivity contribution in [2.45, 2.75) is 18.8 Å². The first kappa shape index (κ1) is 15.3. The summed E-state index contributed by atoms with van der Waals surface area (Å²) in [5.74, 6) is 2.66. The lowest BCUT2D eigenvalue weighted by Crippen LogP contribution is -2.23. The van der Waals surface area contributed by atoms with Gasteiger partial charge in [0, 0.05) is 36.0 Å². The van der Waals surface area contributed by atoms with E-state index in [-0.39, 0.29) is 0 Å². The smallest absolute Gasteiger partial charge is 0.228 e. The lowest BCUT2D eigenvalue weighted by Gasteiger charge is -2.13. The molecule has 1 atom stereocenters. The second kappa shape index (κ2) is 6.70. The Labute approximate surface area is 144 Å². The van der Waals surface area contributed by atoms with Gasteiger partial charge in [-0.05, 0) is 37.2 Å². The van der Waals surface area contributed by atoms with Crippen molar-refractivity contribution < 1.29 is 4.52 Å². The van der Waals surface area contributed by atoms with Crippen molar-refractivity contribution in [1.82, 2.24) is 30.2 Å². The molecule has 1 aromatic carbocycles. The molecule has 3 aromatic rings. The molecule has 0 radical (unpaired) electrons. The van der Waals surface area contributed by atoms with Gasteiger partial charge in [-0.3, -0.25) is 5.10 Å². The van der Waals surface area contributed by atoms with Crippen molar-refractivity contribution in [3.8, 4) is 11.4 Å². The highest BCUT2D eigenvalue weighted by atomic mass is 35.5. The SMILES string of the molecule is Clc1ccc(-c2noc(CCN3CC[C@H](c4ncn[nH]4)C3)n2)cc1. The van der Waals surface area contributed by atoms with Crippen LogP contribution in [0.4, 0.5) is 0 Å². The second-order valence-electron chi connectivity index (χ2n) is 5.93. The number of nitrogens with one attached hydrogen (secondary N) is 1. The molecule has 0 saturated carbocycles. The summed E-state index contributed by atoms with van der Waals surface area (Å²) in [6.45, 7) is 2.92. The van der Waals surface area contributed by atoms with E-state index in [1.807, 2.05) is 24.3 Å². The standard InChI is InChI=1S/C16H17ClN6O/c17-13-3-1-11(2-4-13)16-20-14(24-22-16)6-8-23-7-5-12(9-23)15-18-10-19-21-15/h1-4,10,12H,5-9H2,(H,18,19,21)/t12-/m0/s1. The minimum Gasteiger partial charge on any atom is -0.339 e. The van der Waals surface area contributed by atoms with Gasteiger partial charge in [0.15, 0.2) is 0 Å². The zero-order chi connectivity index (χ0) is 16.4. The van der Waals surface area contributed by atoms with Crippen LogP contribution < -0.4 is 0 Å². The molecular formula is C16H17ClN6O. The molecule has 1 aliphatic rings. The van der Waals surface area contributed by atoms with Gasteiger partial charge in [0.25, 0.3) is 0 Å². The molecule has 0 bridgehead atoms. The summed E-state index contributed by atoms with van der Waals surface area (Å²) in [5.41, 5.74) is 0.904. The normalized spacial score (nSPS) is 18.3. The number of aromatic amines is 1. The second-order valence-corrected chi connectivity index (χ2v) is 6.36. The molecule has 1 N–H and O–H groups in total. The number of nitrogens with zero attached hydrogens (tertiary/aromatic N) is 5. The van der Waals surface area contributed by atoms with E-state index in [1.54, 1.807) is 6.33 Å². The topological polar surface area (TPSA) is 83.7 Å². The zero-order valence-electron chi connectivity index (χ0n) is 13.0. The van der Waals surface area contributed by atoms with E-state index in [9.17, 15) is 0 Å². The summed E-state index contributed by atoms with van der Waals surface area (Å²) < 4.78 is 5.36. The lowest BCUT2D eigenvalue weighted by molar-refractivity contribution is 0.308. The van der Waals surface area contributed by atoms with Crippen LogP contribution in [0.25, 0.3) is 11.4 Å². The average Bonchev–Trinajstić information content (AvgIpc) is 3.34. The minimum absolute atomic E-state index is 0.430. The molecule has 1 fully saturated rings. The molecule has 24 heavy (non-hydrogen) atoms. The molecule has 124 valence electrons. The van der Waals surface area contributed by atoms with E-state index < -0.39 is 0 Å². The molecule has 7 nitrogen and oxygen atoms in total. The third kappa shape index (κ3) is 3.32. The molecule has 3 heterocycles. The van der Waals surface area contributed by atoms with E-state index >= 15 is 0 Å². The van der Waals surface area contributed by atoms with E-state index in [0.717, 1.165) is 43.9 Å². The van der Waals surface area contributed by atoms with Crippen LogP contribution in [0.1, 0.15) is 24.1 Å². The van der Waals surface area contributed by atoms with Gasteiger partial charge < -0.3 is 9.42 Å². The van der Waals surface area contributed by atoms with Crippen molar-refractivity contribution in [3.63, 3.8) is 0 Å². The summed E-state index contributed by atoms with van der Waals surface area (Å²) in [6, 6.07) is 7.42. The third-order valence-corrected chi connectivity index (χ3v) is 4.56. The molecule has 0 unspecified atom stereocenters. The molecule has 0 aliphatic carbocycles. The Hall–Kier alpha value is -2.25. The van der Waals surface area contributed by atoms with E-state index in [0.29, 0.717) is 22.7 Å². The number of hydrogen-bond donors (Lipinski definition) is 1. The van der Waals surface area contributed by atoms with Gasteiger partial charge in [-0.2, -0.15) is 10.1 Å². The molecule has 2 aromatic heterocycles. The van der Waals surface area contributed by atoms with Crippen LogP contribution in [0.5, 0.6) is 0 Å². The summed E-state index contributed by atoms with van der Waals surface area (Å²) >= 11 is 5.90. The highest BCUT2D eigenvalue weighted by Gasteiger charge is 2.25. The fourth-order valence-electron chi connectivity index (χ4n) is 3.00. The van der Waals surface area contributed by atoms with Gasteiger partial charge >= 0.3 is 0 Å². The maximum Gasteiger partial charge on any atom is 0.228 e. The number of rotatable bonds is 5. The van der Waals surface area contributed by atoms with Crippen LogP contribution in [0.2, 0.25) is 5.02 Å². The predicted molar refractivity (Wildman–Crippen MR) is 88.6 cm³/mol. The maximum atomic E-state index is 5.90. The summed E-state index contributed by atoms with van der Waals surface area (Å²) in [5, 5.41) is 11.6. The predicted octanol–water partition coefficient (Wildman–Crippen LogP) is 2.54. The first-order valence-corrected chi connectivity index (χ1v) is 8.32. The first-order chi connectivity index (χ1) is 11.8. The Bertz CT molecular complexity index is 785. The van der Waals surface area contributed by atoms with Crippen LogP contribution in [-0.2, 0) is 6.42 Å². The van der Waals surface area contributed by atoms with Crippen molar-refractivity contribution in [1.29, 1.82) is 0 Å². The Morgan fingerprint density at radius 2 is 2.17 bits per heavy atom. The zero-order valence-corrected chi connectivity index (χ0v) is 13.8. The van der Waals surface area contributed by atoms with Crippen molar-refractivity contribution in [2.24, 2.45) is 0 Å². The van der Waals surface area contributed by atoms with Crippen LogP contribution in [0.3, 0.4) is 0 Å². The third-order valence-electron chi connectivity index (χ3n) is 4.31. The van der Waals surface area contributed by atoms with Gasteiger partial charge in [0.2, 0.25) is 11.7 Å². The number of halogens is 1. The van der Waals surface area contributed by atoms with Crippen molar-refractivity contribution >= 4 is 11.6 Å². The van der Waals surface area contributed by atoms with Gasteiger partial charge in [-0.15, -0.1) is 0 Å². The van der Waals surface area contributed by atoms with Crippen LogP contribution in [0.15, 0.2) is 35.1 Å².